The second kappa shape index (κ2) is 7.31. The van der Waals surface area contributed by atoms with Gasteiger partial charge in [0.15, 0.2) is 0 Å². The Morgan fingerprint density at radius 1 is 1.21 bits per heavy atom. The maximum atomic E-state index is 11.1. The summed E-state index contributed by atoms with van der Waals surface area (Å²) in [6.07, 6.45) is 1.28. The molecule has 0 aliphatic rings. The molecule has 1 unspecified atom stereocenters. The summed E-state index contributed by atoms with van der Waals surface area (Å²) >= 11 is 1.68. The molecule has 0 heterocycles. The topological polar surface area (TPSA) is 46.2 Å². The SMILES string of the molecule is CNC(CSCCS(C)(=O)=O)c1cc(C)cc(C)c1. The van der Waals surface area contributed by atoms with E-state index in [0.29, 0.717) is 5.75 Å². The minimum atomic E-state index is -2.85. The number of rotatable bonds is 7. The zero-order valence-electron chi connectivity index (χ0n) is 12.1. The second-order valence-corrected chi connectivity index (χ2v) is 8.38. The minimum absolute atomic E-state index is 0.251. The van der Waals surface area contributed by atoms with E-state index >= 15 is 0 Å². The Morgan fingerprint density at radius 2 is 1.79 bits per heavy atom. The lowest BCUT2D eigenvalue weighted by Crippen LogP contribution is -2.19. The lowest BCUT2D eigenvalue weighted by Gasteiger charge is -2.17. The first-order chi connectivity index (χ1) is 8.81. The molecule has 1 atom stereocenters. The van der Waals surface area contributed by atoms with E-state index in [1.54, 1.807) is 11.8 Å². The smallest absolute Gasteiger partial charge is 0.148 e. The monoisotopic (exact) mass is 301 g/mol. The van der Waals surface area contributed by atoms with Gasteiger partial charge in [0.1, 0.15) is 9.84 Å². The van der Waals surface area contributed by atoms with E-state index in [9.17, 15) is 8.42 Å². The molecule has 0 fully saturated rings. The molecule has 0 aliphatic carbocycles. The first kappa shape index (κ1) is 16.5. The fourth-order valence-corrected chi connectivity index (χ4v) is 4.41. The first-order valence-corrected chi connectivity index (χ1v) is 9.54. The molecule has 1 aromatic carbocycles. The Morgan fingerprint density at radius 3 is 2.26 bits per heavy atom. The van der Waals surface area contributed by atoms with Crippen LogP contribution in [0.3, 0.4) is 0 Å². The summed E-state index contributed by atoms with van der Waals surface area (Å²) in [6, 6.07) is 6.80. The van der Waals surface area contributed by atoms with Gasteiger partial charge in [0.05, 0.1) is 5.75 Å². The number of thioether (sulfide) groups is 1. The van der Waals surface area contributed by atoms with E-state index in [4.69, 9.17) is 0 Å². The van der Waals surface area contributed by atoms with Crippen LogP contribution in [-0.4, -0.2) is 39.0 Å². The maximum Gasteiger partial charge on any atom is 0.148 e. The molecule has 19 heavy (non-hydrogen) atoms. The summed E-state index contributed by atoms with van der Waals surface area (Å²) < 4.78 is 22.2. The van der Waals surface area contributed by atoms with Crippen molar-refractivity contribution in [3.8, 4) is 0 Å². The molecule has 0 bridgehead atoms. The van der Waals surface area contributed by atoms with Crippen molar-refractivity contribution >= 4 is 21.6 Å². The Kier molecular flexibility index (Phi) is 6.36. The molecule has 0 saturated carbocycles. The molecule has 0 aromatic heterocycles. The van der Waals surface area contributed by atoms with Crippen molar-refractivity contribution in [2.75, 3.05) is 30.6 Å². The van der Waals surface area contributed by atoms with Crippen LogP contribution in [0.4, 0.5) is 0 Å². The van der Waals surface area contributed by atoms with E-state index in [1.165, 1.54) is 22.9 Å². The van der Waals surface area contributed by atoms with Gasteiger partial charge in [-0.05, 0) is 26.5 Å². The number of hydrogen-bond donors (Lipinski definition) is 1. The highest BCUT2D eigenvalue weighted by Crippen LogP contribution is 2.20. The highest BCUT2D eigenvalue weighted by Gasteiger charge is 2.11. The van der Waals surface area contributed by atoms with Crippen molar-refractivity contribution in [1.29, 1.82) is 0 Å². The van der Waals surface area contributed by atoms with Gasteiger partial charge in [0.2, 0.25) is 0 Å². The fourth-order valence-electron chi connectivity index (χ4n) is 1.97. The van der Waals surface area contributed by atoms with E-state index in [-0.39, 0.29) is 11.8 Å². The van der Waals surface area contributed by atoms with Crippen LogP contribution in [0, 0.1) is 13.8 Å². The van der Waals surface area contributed by atoms with Crippen molar-refractivity contribution in [3.63, 3.8) is 0 Å². The predicted octanol–water partition coefficient (Wildman–Crippen LogP) is 2.34. The second-order valence-electron chi connectivity index (χ2n) is 4.97. The molecular formula is C14H23NO2S2. The molecule has 108 valence electrons. The third kappa shape index (κ3) is 6.45. The van der Waals surface area contributed by atoms with Gasteiger partial charge in [-0.15, -0.1) is 0 Å². The summed E-state index contributed by atoms with van der Waals surface area (Å²) in [4.78, 5) is 0. The molecule has 0 aliphatic heterocycles. The number of sulfone groups is 1. The van der Waals surface area contributed by atoms with Crippen molar-refractivity contribution in [2.24, 2.45) is 0 Å². The highest BCUT2D eigenvalue weighted by atomic mass is 32.2. The van der Waals surface area contributed by atoms with E-state index in [1.807, 2.05) is 7.05 Å². The van der Waals surface area contributed by atoms with Gasteiger partial charge < -0.3 is 5.32 Å². The summed E-state index contributed by atoms with van der Waals surface area (Å²) in [7, 11) is -0.904. The molecule has 1 aromatic rings. The minimum Gasteiger partial charge on any atom is -0.312 e. The number of hydrogen-bond acceptors (Lipinski definition) is 4. The Labute approximate surface area is 121 Å². The normalized spacial score (nSPS) is 13.5. The molecule has 1 N–H and O–H groups in total. The van der Waals surface area contributed by atoms with Gasteiger partial charge in [-0.3, -0.25) is 0 Å². The maximum absolute atomic E-state index is 11.1. The van der Waals surface area contributed by atoms with Crippen LogP contribution >= 0.6 is 11.8 Å². The molecule has 1 rings (SSSR count). The van der Waals surface area contributed by atoms with Crippen molar-refractivity contribution in [3.05, 3.63) is 34.9 Å². The molecule has 0 saturated heterocycles. The van der Waals surface area contributed by atoms with Crippen molar-refractivity contribution < 1.29 is 8.42 Å². The van der Waals surface area contributed by atoms with Crippen LogP contribution in [0.2, 0.25) is 0 Å². The lowest BCUT2D eigenvalue weighted by molar-refractivity contribution is 0.603. The molecular weight excluding hydrogens is 278 g/mol. The molecule has 3 nitrogen and oxygen atoms in total. The van der Waals surface area contributed by atoms with Crippen LogP contribution in [-0.2, 0) is 9.84 Å². The Balaban J connectivity index is 2.58. The molecule has 5 heteroatoms. The van der Waals surface area contributed by atoms with E-state index < -0.39 is 9.84 Å². The summed E-state index contributed by atoms with van der Waals surface area (Å²) in [6.45, 7) is 4.19. The van der Waals surface area contributed by atoms with Crippen LogP contribution < -0.4 is 5.32 Å². The van der Waals surface area contributed by atoms with Crippen LogP contribution in [0.1, 0.15) is 22.7 Å². The highest BCUT2D eigenvalue weighted by molar-refractivity contribution is 8.00. The predicted molar refractivity (Wildman–Crippen MR) is 84.8 cm³/mol. The van der Waals surface area contributed by atoms with E-state index in [0.717, 1.165) is 5.75 Å². The first-order valence-electron chi connectivity index (χ1n) is 6.33. The van der Waals surface area contributed by atoms with Gasteiger partial charge in [-0.2, -0.15) is 11.8 Å². The average Bonchev–Trinajstić information content (AvgIpc) is 2.26. The lowest BCUT2D eigenvalue weighted by atomic mass is 10.0. The van der Waals surface area contributed by atoms with Crippen LogP contribution in [0.5, 0.6) is 0 Å². The quantitative estimate of drug-likeness (QED) is 0.785. The standard InChI is InChI=1S/C14H23NO2S2/c1-11-7-12(2)9-13(8-11)14(15-3)10-18-5-6-19(4,16)17/h7-9,14-15H,5-6,10H2,1-4H3. The molecule has 0 radical (unpaired) electrons. The Hall–Kier alpha value is -0.520. The number of benzene rings is 1. The van der Waals surface area contributed by atoms with Gasteiger partial charge >= 0.3 is 0 Å². The fraction of sp³-hybridized carbons (Fsp3) is 0.571. The van der Waals surface area contributed by atoms with E-state index in [2.05, 4.69) is 37.4 Å². The summed E-state index contributed by atoms with van der Waals surface area (Å²) in [5.41, 5.74) is 3.79. The Bertz CT molecular complexity index is 492. The number of aryl methyl sites for hydroxylation is 2. The molecule has 0 amide bonds. The molecule has 0 spiro atoms. The van der Waals surface area contributed by atoms with Gasteiger partial charge in [0.25, 0.3) is 0 Å². The number of nitrogens with one attached hydrogen (secondary N) is 1. The van der Waals surface area contributed by atoms with Crippen molar-refractivity contribution in [1.82, 2.24) is 5.32 Å². The van der Waals surface area contributed by atoms with Gasteiger partial charge in [-0.1, -0.05) is 29.3 Å². The van der Waals surface area contributed by atoms with Crippen molar-refractivity contribution in [2.45, 2.75) is 19.9 Å². The third-order valence-corrected chi connectivity index (χ3v) is 5.14. The summed E-state index contributed by atoms with van der Waals surface area (Å²) in [5, 5.41) is 3.30. The summed E-state index contributed by atoms with van der Waals surface area (Å²) in [5.74, 6) is 1.79. The zero-order chi connectivity index (χ0) is 14.5. The van der Waals surface area contributed by atoms with Gasteiger partial charge in [-0.25, -0.2) is 8.42 Å². The third-order valence-electron chi connectivity index (χ3n) is 2.88. The van der Waals surface area contributed by atoms with Crippen LogP contribution in [0.25, 0.3) is 0 Å². The van der Waals surface area contributed by atoms with Crippen LogP contribution in [0.15, 0.2) is 18.2 Å². The average molecular weight is 301 g/mol. The zero-order valence-corrected chi connectivity index (χ0v) is 13.7. The largest absolute Gasteiger partial charge is 0.312 e. The van der Waals surface area contributed by atoms with Gasteiger partial charge in [0, 0.05) is 23.8 Å².